The number of alkyl halides is 3. The molecule has 1 saturated heterocycles. The summed E-state index contributed by atoms with van der Waals surface area (Å²) in [6, 6.07) is 12.7. The third kappa shape index (κ3) is 4.38. The van der Waals surface area contributed by atoms with Gasteiger partial charge in [0.25, 0.3) is 5.91 Å². The fraction of sp³-hybridized carbons (Fsp3) is 0.357. The number of likely N-dealkylation sites (tertiary alicyclic amines) is 1. The van der Waals surface area contributed by atoms with Gasteiger partial charge in [-0.15, -0.1) is 11.3 Å². The number of nitrogens with zero attached hydrogens (tertiary/aromatic N) is 2. The highest BCUT2D eigenvalue weighted by atomic mass is 32.1. The molecule has 3 aromatic rings. The number of fused-ring (bicyclic) bond motifs is 3. The maximum Gasteiger partial charge on any atom is 0.406 e. The van der Waals surface area contributed by atoms with Crippen molar-refractivity contribution in [1.82, 2.24) is 15.2 Å². The Morgan fingerprint density at radius 1 is 1.18 bits per heavy atom. The maximum atomic E-state index is 13.4. The fourth-order valence-corrected chi connectivity index (χ4v) is 7.38. The molecule has 0 radical (unpaired) electrons. The number of aromatic nitrogens is 1. The number of carbonyl (C=O) groups excluding carboxylic acids is 3. The first-order valence-electron chi connectivity index (χ1n) is 12.7. The number of anilines is 1. The number of rotatable bonds is 4. The summed E-state index contributed by atoms with van der Waals surface area (Å²) in [5, 5.41) is 5.56. The molecule has 3 aliphatic rings. The molecule has 0 bridgehead atoms. The van der Waals surface area contributed by atoms with Crippen LogP contribution in [0.5, 0.6) is 0 Å². The van der Waals surface area contributed by atoms with E-state index >= 15 is 0 Å². The molecule has 6 rings (SSSR count). The van der Waals surface area contributed by atoms with Crippen LogP contribution in [0.1, 0.15) is 50.5 Å². The second kappa shape index (κ2) is 9.18. The third-order valence-electron chi connectivity index (χ3n) is 8.09. The molecule has 1 fully saturated rings. The minimum Gasteiger partial charge on any atom is -0.340 e. The van der Waals surface area contributed by atoms with Crippen molar-refractivity contribution in [3.63, 3.8) is 0 Å². The molecule has 2 aliphatic heterocycles. The van der Waals surface area contributed by atoms with E-state index in [1.54, 1.807) is 37.4 Å². The first-order valence-corrected chi connectivity index (χ1v) is 13.5. The summed E-state index contributed by atoms with van der Waals surface area (Å²) in [5.74, 6) is -1.19. The van der Waals surface area contributed by atoms with Gasteiger partial charge in [-0.1, -0.05) is 36.4 Å². The van der Waals surface area contributed by atoms with Gasteiger partial charge in [0, 0.05) is 35.0 Å². The number of hydrogen-bond acceptors (Lipinski definition) is 5. The lowest BCUT2D eigenvalue weighted by Crippen LogP contribution is -2.59. The van der Waals surface area contributed by atoms with E-state index in [1.807, 2.05) is 24.3 Å². The van der Waals surface area contributed by atoms with Gasteiger partial charge in [-0.3, -0.25) is 14.4 Å². The minimum atomic E-state index is -4.57. The van der Waals surface area contributed by atoms with Crippen molar-refractivity contribution in [3.8, 4) is 0 Å². The second-order valence-corrected chi connectivity index (χ2v) is 11.6. The summed E-state index contributed by atoms with van der Waals surface area (Å²) < 4.78 is 40.2. The Morgan fingerprint density at radius 2 is 1.95 bits per heavy atom. The van der Waals surface area contributed by atoms with Crippen molar-refractivity contribution in [3.05, 3.63) is 81.2 Å². The largest absolute Gasteiger partial charge is 0.406 e. The average Bonchev–Trinajstić information content (AvgIpc) is 3.54. The quantitative estimate of drug-likeness (QED) is 0.506. The van der Waals surface area contributed by atoms with E-state index in [-0.39, 0.29) is 18.2 Å². The molecule has 1 spiro atoms. The van der Waals surface area contributed by atoms with E-state index in [4.69, 9.17) is 0 Å². The smallest absolute Gasteiger partial charge is 0.340 e. The third-order valence-corrected chi connectivity index (χ3v) is 9.27. The predicted octanol–water partition coefficient (Wildman–Crippen LogP) is 4.20. The summed E-state index contributed by atoms with van der Waals surface area (Å²) in [4.78, 5) is 45.7. The SMILES string of the molecule is C[C@@H]1[C@H](c2ccccc2)C[C@H](NC(=O)c2cc3c(s2)C[C@]2(C3)C(=O)Nc3ncccc32)C(=O)N1CC(F)(F)F. The molecule has 11 heteroatoms. The van der Waals surface area contributed by atoms with Crippen molar-refractivity contribution in [2.24, 2.45) is 0 Å². The highest BCUT2D eigenvalue weighted by Gasteiger charge is 2.52. The lowest BCUT2D eigenvalue weighted by molar-refractivity contribution is -0.170. The van der Waals surface area contributed by atoms with Crippen molar-refractivity contribution < 1.29 is 27.6 Å². The van der Waals surface area contributed by atoms with Gasteiger partial charge in [0.05, 0.1) is 10.3 Å². The zero-order valence-corrected chi connectivity index (χ0v) is 21.7. The van der Waals surface area contributed by atoms with Crippen LogP contribution in [-0.2, 0) is 27.8 Å². The van der Waals surface area contributed by atoms with Crippen LogP contribution >= 0.6 is 11.3 Å². The number of amides is 3. The van der Waals surface area contributed by atoms with Crippen LogP contribution in [-0.4, -0.2) is 52.4 Å². The highest BCUT2D eigenvalue weighted by molar-refractivity contribution is 7.14. The molecule has 3 amide bonds. The molecule has 39 heavy (non-hydrogen) atoms. The Morgan fingerprint density at radius 3 is 2.67 bits per heavy atom. The lowest BCUT2D eigenvalue weighted by atomic mass is 9.80. The van der Waals surface area contributed by atoms with Crippen molar-refractivity contribution in [2.75, 3.05) is 11.9 Å². The Bertz CT molecular complexity index is 1450. The molecule has 1 aromatic carbocycles. The van der Waals surface area contributed by atoms with Crippen LogP contribution in [0.3, 0.4) is 0 Å². The topological polar surface area (TPSA) is 91.4 Å². The van der Waals surface area contributed by atoms with E-state index in [1.165, 1.54) is 11.3 Å². The molecule has 2 aromatic heterocycles. The van der Waals surface area contributed by atoms with E-state index < -0.39 is 42.0 Å². The highest BCUT2D eigenvalue weighted by Crippen LogP contribution is 2.48. The van der Waals surface area contributed by atoms with Crippen LogP contribution < -0.4 is 10.6 Å². The molecule has 7 nitrogen and oxygen atoms in total. The molecule has 4 atom stereocenters. The zero-order chi connectivity index (χ0) is 27.5. The number of piperidine rings is 1. The van der Waals surface area contributed by atoms with Gasteiger partial charge in [-0.2, -0.15) is 13.2 Å². The zero-order valence-electron chi connectivity index (χ0n) is 20.9. The molecule has 0 unspecified atom stereocenters. The lowest BCUT2D eigenvalue weighted by Gasteiger charge is -2.43. The van der Waals surface area contributed by atoms with Gasteiger partial charge in [-0.05, 0) is 43.0 Å². The molecular weight excluding hydrogens is 529 g/mol. The van der Waals surface area contributed by atoms with Crippen molar-refractivity contribution in [1.29, 1.82) is 0 Å². The maximum absolute atomic E-state index is 13.4. The fourth-order valence-electron chi connectivity index (χ4n) is 6.18. The predicted molar refractivity (Wildman–Crippen MR) is 139 cm³/mol. The van der Waals surface area contributed by atoms with Crippen LogP contribution in [0.4, 0.5) is 19.0 Å². The van der Waals surface area contributed by atoms with Gasteiger partial charge in [0.15, 0.2) is 0 Å². The number of hydrogen-bond donors (Lipinski definition) is 2. The standard InChI is InChI=1S/C28H25F3N4O3S/c1-15-18(16-6-3-2-4-7-16)11-20(25(37)35(15)14-28(29,30)31)33-24(36)21-10-17-12-27(13-22(17)39-21)19-8-5-9-32-23(19)34-26(27)38/h2-10,15,18,20H,11-14H2,1H3,(H,33,36)(H,32,34,38)/t15-,18-,20+,27+/m1/s1. The van der Waals surface area contributed by atoms with Crippen LogP contribution in [0.15, 0.2) is 54.7 Å². The Hall–Kier alpha value is -3.73. The Balaban J connectivity index is 1.22. The normalized spacial score (nSPS) is 25.9. The molecular formula is C28H25F3N4O3S. The number of carbonyl (C=O) groups is 3. The molecule has 4 heterocycles. The molecule has 0 saturated carbocycles. The first kappa shape index (κ1) is 25.5. The van der Waals surface area contributed by atoms with E-state index in [0.717, 1.165) is 26.5 Å². The van der Waals surface area contributed by atoms with E-state index in [9.17, 15) is 27.6 Å². The summed E-state index contributed by atoms with van der Waals surface area (Å²) >= 11 is 1.25. The molecule has 202 valence electrons. The number of thiophene rings is 1. The summed E-state index contributed by atoms with van der Waals surface area (Å²) in [6.07, 6.45) is -1.90. The number of nitrogens with one attached hydrogen (secondary N) is 2. The van der Waals surface area contributed by atoms with Crippen molar-refractivity contribution in [2.45, 2.75) is 55.8 Å². The molecule has 2 N–H and O–H groups in total. The average molecular weight is 555 g/mol. The Kier molecular flexibility index (Phi) is 6.01. The number of pyridine rings is 1. The van der Waals surface area contributed by atoms with E-state index in [0.29, 0.717) is 23.5 Å². The molecule has 1 aliphatic carbocycles. The van der Waals surface area contributed by atoms with Crippen molar-refractivity contribution >= 4 is 34.9 Å². The van der Waals surface area contributed by atoms with Gasteiger partial charge in [-0.25, -0.2) is 4.98 Å². The monoisotopic (exact) mass is 554 g/mol. The Labute approximate surface area is 226 Å². The van der Waals surface area contributed by atoms with Gasteiger partial charge < -0.3 is 15.5 Å². The summed E-state index contributed by atoms with van der Waals surface area (Å²) in [7, 11) is 0. The van der Waals surface area contributed by atoms with Crippen LogP contribution in [0, 0.1) is 0 Å². The van der Waals surface area contributed by atoms with Gasteiger partial charge in [0.2, 0.25) is 11.8 Å². The number of benzene rings is 1. The van der Waals surface area contributed by atoms with Gasteiger partial charge >= 0.3 is 6.18 Å². The second-order valence-electron chi connectivity index (χ2n) is 10.4. The summed E-state index contributed by atoms with van der Waals surface area (Å²) in [6.45, 7) is 0.238. The minimum absolute atomic E-state index is 0.121. The van der Waals surface area contributed by atoms with Crippen LogP contribution in [0.2, 0.25) is 0 Å². The van der Waals surface area contributed by atoms with Crippen LogP contribution in [0.25, 0.3) is 0 Å². The van der Waals surface area contributed by atoms with E-state index in [2.05, 4.69) is 15.6 Å². The number of halogens is 3. The van der Waals surface area contributed by atoms with Gasteiger partial charge in [0.1, 0.15) is 18.4 Å². The first-order chi connectivity index (χ1) is 18.6. The summed E-state index contributed by atoms with van der Waals surface area (Å²) in [5.41, 5.74) is 1.77.